The molecule has 0 aliphatic heterocycles. The van der Waals surface area contributed by atoms with Crippen molar-refractivity contribution in [2.45, 2.75) is 40.5 Å². The van der Waals surface area contributed by atoms with Gasteiger partial charge in [0.05, 0.1) is 0 Å². The molecule has 0 unspecified atom stereocenters. The van der Waals surface area contributed by atoms with E-state index in [4.69, 9.17) is 0 Å². The summed E-state index contributed by atoms with van der Waals surface area (Å²) >= 11 is 0. The van der Waals surface area contributed by atoms with E-state index in [0.29, 0.717) is 10.8 Å². The van der Waals surface area contributed by atoms with Gasteiger partial charge in [0.15, 0.2) is 0 Å². The van der Waals surface area contributed by atoms with Gasteiger partial charge in [0.1, 0.15) is 0 Å². The number of hydrogen-bond acceptors (Lipinski definition) is 0. The van der Waals surface area contributed by atoms with Gasteiger partial charge in [-0.1, -0.05) is 39.8 Å². The van der Waals surface area contributed by atoms with Crippen molar-refractivity contribution in [3.05, 3.63) is 12.2 Å². The highest BCUT2D eigenvalue weighted by atomic mass is 14.4. The Morgan fingerprint density at radius 3 is 1.80 bits per heavy atom. The van der Waals surface area contributed by atoms with Crippen LogP contribution >= 0.6 is 0 Å². The molecule has 0 saturated heterocycles. The second kappa shape index (κ2) is 1.87. The second-order valence-electron chi connectivity index (χ2n) is 5.01. The first kappa shape index (κ1) is 7.84. The molecular formula is C10H18. The molecule has 0 bridgehead atoms. The molecule has 1 fully saturated rings. The Labute approximate surface area is 64.3 Å². The van der Waals surface area contributed by atoms with Crippen molar-refractivity contribution in [2.24, 2.45) is 10.8 Å². The summed E-state index contributed by atoms with van der Waals surface area (Å²) in [6, 6.07) is 0. The molecule has 0 aromatic carbocycles. The zero-order valence-electron chi connectivity index (χ0n) is 7.62. The highest BCUT2D eigenvalue weighted by Gasteiger charge is 2.38. The summed E-state index contributed by atoms with van der Waals surface area (Å²) in [6.45, 7) is 13.3. The lowest BCUT2D eigenvalue weighted by atomic mass is 9.84. The summed E-state index contributed by atoms with van der Waals surface area (Å²) in [4.78, 5) is 0. The Kier molecular flexibility index (Phi) is 1.47. The number of allylic oxidation sites excluding steroid dienone is 1. The normalized spacial score (nSPS) is 29.0. The Balaban J connectivity index is 2.81. The van der Waals surface area contributed by atoms with E-state index < -0.39 is 0 Å². The monoisotopic (exact) mass is 138 g/mol. The molecule has 0 spiro atoms. The van der Waals surface area contributed by atoms with Crippen molar-refractivity contribution in [1.29, 1.82) is 0 Å². The van der Waals surface area contributed by atoms with Crippen molar-refractivity contribution in [3.8, 4) is 0 Å². The predicted molar refractivity (Wildman–Crippen MR) is 45.9 cm³/mol. The third-order valence-electron chi connectivity index (χ3n) is 2.57. The zero-order chi connectivity index (χ0) is 7.99. The van der Waals surface area contributed by atoms with Crippen LogP contribution in [0.1, 0.15) is 40.5 Å². The third kappa shape index (κ3) is 1.25. The molecule has 1 rings (SSSR count). The SMILES string of the molecule is C=C1CC(C)(C)CC1(C)C. The van der Waals surface area contributed by atoms with Gasteiger partial charge in [-0.2, -0.15) is 0 Å². The van der Waals surface area contributed by atoms with Crippen molar-refractivity contribution >= 4 is 0 Å². The molecule has 0 N–H and O–H groups in total. The van der Waals surface area contributed by atoms with Crippen LogP contribution in [0.2, 0.25) is 0 Å². The fraction of sp³-hybridized carbons (Fsp3) is 0.800. The molecule has 1 saturated carbocycles. The minimum Gasteiger partial charge on any atom is -0.0993 e. The van der Waals surface area contributed by atoms with E-state index in [1.54, 1.807) is 0 Å². The predicted octanol–water partition coefficient (Wildman–Crippen LogP) is 3.39. The van der Waals surface area contributed by atoms with E-state index in [1.165, 1.54) is 18.4 Å². The van der Waals surface area contributed by atoms with Crippen molar-refractivity contribution < 1.29 is 0 Å². The molecule has 0 atom stereocenters. The Morgan fingerprint density at radius 2 is 1.70 bits per heavy atom. The van der Waals surface area contributed by atoms with E-state index in [2.05, 4.69) is 34.3 Å². The minimum absolute atomic E-state index is 0.392. The summed E-state index contributed by atoms with van der Waals surface area (Å²) in [6.07, 6.45) is 2.50. The van der Waals surface area contributed by atoms with Crippen LogP contribution in [0.15, 0.2) is 12.2 Å². The van der Waals surface area contributed by atoms with Crippen LogP contribution in [-0.4, -0.2) is 0 Å². The first-order valence-electron chi connectivity index (χ1n) is 4.02. The van der Waals surface area contributed by atoms with E-state index >= 15 is 0 Å². The van der Waals surface area contributed by atoms with Gasteiger partial charge >= 0.3 is 0 Å². The van der Waals surface area contributed by atoms with Crippen LogP contribution in [0.25, 0.3) is 0 Å². The van der Waals surface area contributed by atoms with Crippen LogP contribution in [-0.2, 0) is 0 Å². The zero-order valence-corrected chi connectivity index (χ0v) is 7.62. The summed E-state index contributed by atoms with van der Waals surface area (Å²) in [5, 5.41) is 0. The van der Waals surface area contributed by atoms with Gasteiger partial charge in [0.2, 0.25) is 0 Å². The molecule has 0 nitrogen and oxygen atoms in total. The second-order valence-corrected chi connectivity index (χ2v) is 5.01. The largest absolute Gasteiger partial charge is 0.0993 e. The lowest BCUT2D eigenvalue weighted by molar-refractivity contribution is 0.314. The smallest absolute Gasteiger partial charge is 0.0142 e. The molecule has 0 heterocycles. The summed E-state index contributed by atoms with van der Waals surface area (Å²) in [5.74, 6) is 0. The maximum atomic E-state index is 4.10. The average Bonchev–Trinajstić information content (AvgIpc) is 1.73. The van der Waals surface area contributed by atoms with Crippen LogP contribution < -0.4 is 0 Å². The fourth-order valence-corrected chi connectivity index (χ4v) is 2.20. The Hall–Kier alpha value is -0.260. The van der Waals surface area contributed by atoms with E-state index in [9.17, 15) is 0 Å². The number of hydrogen-bond donors (Lipinski definition) is 0. The van der Waals surface area contributed by atoms with Crippen molar-refractivity contribution in [1.82, 2.24) is 0 Å². The van der Waals surface area contributed by atoms with Gasteiger partial charge < -0.3 is 0 Å². The van der Waals surface area contributed by atoms with Gasteiger partial charge in [-0.25, -0.2) is 0 Å². The molecule has 0 aromatic rings. The highest BCUT2D eigenvalue weighted by Crippen LogP contribution is 2.51. The van der Waals surface area contributed by atoms with Crippen LogP contribution in [0, 0.1) is 10.8 Å². The molecule has 1 aliphatic carbocycles. The van der Waals surface area contributed by atoms with Crippen molar-refractivity contribution in [3.63, 3.8) is 0 Å². The third-order valence-corrected chi connectivity index (χ3v) is 2.57. The maximum absolute atomic E-state index is 4.10. The fourth-order valence-electron chi connectivity index (χ4n) is 2.20. The molecule has 0 aromatic heterocycles. The van der Waals surface area contributed by atoms with Gasteiger partial charge in [0.25, 0.3) is 0 Å². The van der Waals surface area contributed by atoms with Crippen LogP contribution in [0.4, 0.5) is 0 Å². The van der Waals surface area contributed by atoms with E-state index in [0.717, 1.165) is 0 Å². The number of rotatable bonds is 0. The lowest BCUT2D eigenvalue weighted by Gasteiger charge is -2.21. The molecule has 0 radical (unpaired) electrons. The lowest BCUT2D eigenvalue weighted by Crippen LogP contribution is -2.10. The molecule has 0 amide bonds. The summed E-state index contributed by atoms with van der Waals surface area (Å²) < 4.78 is 0. The van der Waals surface area contributed by atoms with Crippen LogP contribution in [0.5, 0.6) is 0 Å². The van der Waals surface area contributed by atoms with E-state index in [-0.39, 0.29) is 0 Å². The van der Waals surface area contributed by atoms with Gasteiger partial charge in [-0.05, 0) is 23.7 Å². The molecule has 10 heavy (non-hydrogen) atoms. The summed E-state index contributed by atoms with van der Waals surface area (Å²) in [7, 11) is 0. The van der Waals surface area contributed by atoms with Crippen molar-refractivity contribution in [2.75, 3.05) is 0 Å². The first-order valence-corrected chi connectivity index (χ1v) is 4.02. The van der Waals surface area contributed by atoms with Gasteiger partial charge in [-0.15, -0.1) is 0 Å². The Bertz CT molecular complexity index is 161. The summed E-state index contributed by atoms with van der Waals surface area (Å²) in [5.41, 5.74) is 2.32. The molecule has 1 aliphatic rings. The molecular weight excluding hydrogens is 120 g/mol. The molecule has 58 valence electrons. The maximum Gasteiger partial charge on any atom is -0.0142 e. The van der Waals surface area contributed by atoms with E-state index in [1.807, 2.05) is 0 Å². The Morgan fingerprint density at radius 1 is 1.20 bits per heavy atom. The van der Waals surface area contributed by atoms with Crippen LogP contribution in [0.3, 0.4) is 0 Å². The molecule has 0 heteroatoms. The topological polar surface area (TPSA) is 0 Å². The quantitative estimate of drug-likeness (QED) is 0.450. The minimum atomic E-state index is 0.392. The van der Waals surface area contributed by atoms with Gasteiger partial charge in [-0.3, -0.25) is 0 Å². The van der Waals surface area contributed by atoms with Gasteiger partial charge in [0, 0.05) is 0 Å². The standard InChI is InChI=1S/C10H18/c1-8-6-9(2,3)7-10(8,4)5/h1,6-7H2,2-5H3. The average molecular weight is 138 g/mol. The first-order chi connectivity index (χ1) is 4.33. The highest BCUT2D eigenvalue weighted by molar-refractivity contribution is 5.16.